The molecule has 0 saturated carbocycles. The highest BCUT2D eigenvalue weighted by Gasteiger charge is 2.43. The van der Waals surface area contributed by atoms with E-state index in [1.165, 1.54) is 0 Å². The molecule has 166 valence electrons. The first-order valence-electron chi connectivity index (χ1n) is 10.8. The molecule has 33 heavy (non-hydrogen) atoms. The van der Waals surface area contributed by atoms with E-state index in [-0.39, 0.29) is 36.1 Å². The Bertz CT molecular complexity index is 1270. The number of hydrogen-bond donors (Lipinski definition) is 0. The lowest BCUT2D eigenvalue weighted by Crippen LogP contribution is -2.34. The molecule has 2 aromatic carbocycles. The van der Waals surface area contributed by atoms with Crippen molar-refractivity contribution in [2.45, 2.75) is 31.6 Å². The summed E-state index contributed by atoms with van der Waals surface area (Å²) in [6.07, 6.45) is 1.70. The lowest BCUT2D eigenvalue weighted by molar-refractivity contribution is -0.138. The third kappa shape index (κ3) is 3.26. The normalized spacial score (nSPS) is 19.7. The van der Waals surface area contributed by atoms with Gasteiger partial charge in [-0.2, -0.15) is 5.26 Å². The quantitative estimate of drug-likeness (QED) is 0.664. The van der Waals surface area contributed by atoms with Crippen LogP contribution in [0.3, 0.4) is 0 Å². The van der Waals surface area contributed by atoms with Crippen LogP contribution in [0.25, 0.3) is 5.76 Å². The van der Waals surface area contributed by atoms with Crippen LogP contribution in [0.5, 0.6) is 11.5 Å². The van der Waals surface area contributed by atoms with Gasteiger partial charge in [-0.15, -0.1) is 0 Å². The summed E-state index contributed by atoms with van der Waals surface area (Å²) in [6.45, 7) is 0. The maximum absolute atomic E-state index is 12.6. The fraction of sp³-hybridized carbons (Fsp3) is 0.269. The van der Waals surface area contributed by atoms with Crippen molar-refractivity contribution in [2.75, 3.05) is 14.2 Å². The Labute approximate surface area is 191 Å². The van der Waals surface area contributed by atoms with E-state index in [4.69, 9.17) is 14.2 Å². The van der Waals surface area contributed by atoms with Crippen molar-refractivity contribution in [2.24, 2.45) is 0 Å². The van der Waals surface area contributed by atoms with Gasteiger partial charge in [0.05, 0.1) is 14.2 Å². The summed E-state index contributed by atoms with van der Waals surface area (Å²) in [6, 6.07) is 15.7. The monoisotopic (exact) mass is 442 g/mol. The minimum atomic E-state index is -0.483. The summed E-state index contributed by atoms with van der Waals surface area (Å²) in [5, 5.41) is 10.2. The lowest BCUT2D eigenvalue weighted by atomic mass is 9.76. The van der Waals surface area contributed by atoms with Crippen molar-refractivity contribution in [3.05, 3.63) is 76.2 Å². The molecule has 0 spiro atoms. The highest BCUT2D eigenvalue weighted by atomic mass is 16.5. The smallest absolute Gasteiger partial charge is 0.236 e. The third-order valence-corrected chi connectivity index (χ3v) is 6.40. The number of benzene rings is 2. The number of allylic oxidation sites excluding steroid dienone is 2. The molecule has 0 bridgehead atoms. The molecular formula is C26H22N2O5. The van der Waals surface area contributed by atoms with Crippen molar-refractivity contribution in [1.82, 2.24) is 4.90 Å². The van der Waals surface area contributed by atoms with Crippen molar-refractivity contribution < 1.29 is 23.8 Å². The van der Waals surface area contributed by atoms with Crippen molar-refractivity contribution in [3.63, 3.8) is 0 Å². The zero-order valence-electron chi connectivity index (χ0n) is 18.4. The Morgan fingerprint density at radius 2 is 1.70 bits per heavy atom. The molecule has 2 aromatic rings. The molecule has 0 N–H and O–H groups in total. The summed E-state index contributed by atoms with van der Waals surface area (Å²) in [5.74, 6) is 0.529. The molecule has 2 amide bonds. The molecule has 1 saturated heterocycles. The molecular weight excluding hydrogens is 420 g/mol. The Hall–Kier alpha value is -4.05. The molecule has 5 rings (SSSR count). The minimum absolute atomic E-state index is 0.0141. The third-order valence-electron chi connectivity index (χ3n) is 6.40. The Morgan fingerprint density at radius 3 is 2.39 bits per heavy atom. The van der Waals surface area contributed by atoms with Crippen LogP contribution >= 0.6 is 0 Å². The van der Waals surface area contributed by atoms with Gasteiger partial charge in [-0.25, -0.2) is 4.90 Å². The number of ether oxygens (including phenoxy) is 3. The topological polar surface area (TPSA) is 88.9 Å². The summed E-state index contributed by atoms with van der Waals surface area (Å²) >= 11 is 0. The maximum atomic E-state index is 12.6. The van der Waals surface area contributed by atoms with Crippen LogP contribution in [-0.2, 0) is 20.7 Å². The molecule has 1 aliphatic carbocycles. The molecule has 1 fully saturated rings. The lowest BCUT2D eigenvalue weighted by Gasteiger charge is -2.35. The molecule has 1 unspecified atom stereocenters. The van der Waals surface area contributed by atoms with Crippen LogP contribution in [0.4, 0.5) is 0 Å². The summed E-state index contributed by atoms with van der Waals surface area (Å²) in [7, 11) is 3.12. The van der Waals surface area contributed by atoms with E-state index in [0.717, 1.165) is 33.6 Å². The minimum Gasteiger partial charge on any atom is -0.493 e. The molecule has 7 heteroatoms. The van der Waals surface area contributed by atoms with Crippen LogP contribution in [0.2, 0.25) is 0 Å². The van der Waals surface area contributed by atoms with Crippen LogP contribution in [0.1, 0.15) is 41.9 Å². The second-order valence-corrected chi connectivity index (χ2v) is 8.11. The first-order valence-corrected chi connectivity index (χ1v) is 10.8. The number of aryl methyl sites for hydroxylation is 1. The van der Waals surface area contributed by atoms with Gasteiger partial charge in [-0.05, 0) is 41.7 Å². The van der Waals surface area contributed by atoms with E-state index in [2.05, 4.69) is 6.07 Å². The van der Waals surface area contributed by atoms with Crippen molar-refractivity contribution >= 4 is 17.6 Å². The number of hydrogen-bond acceptors (Lipinski definition) is 6. The average Bonchev–Trinajstić information content (AvgIpc) is 3.19. The van der Waals surface area contributed by atoms with Gasteiger partial charge in [-0.1, -0.05) is 30.3 Å². The predicted molar refractivity (Wildman–Crippen MR) is 119 cm³/mol. The Morgan fingerprint density at radius 1 is 0.970 bits per heavy atom. The number of amides is 2. The molecule has 7 nitrogen and oxygen atoms in total. The zero-order valence-corrected chi connectivity index (χ0v) is 18.4. The maximum Gasteiger partial charge on any atom is 0.236 e. The molecule has 1 atom stereocenters. The van der Waals surface area contributed by atoms with E-state index in [9.17, 15) is 14.9 Å². The molecule has 0 aromatic heterocycles. The fourth-order valence-electron chi connectivity index (χ4n) is 4.84. The average molecular weight is 442 g/mol. The van der Waals surface area contributed by atoms with E-state index >= 15 is 0 Å². The van der Waals surface area contributed by atoms with E-state index < -0.39 is 5.92 Å². The van der Waals surface area contributed by atoms with Crippen molar-refractivity contribution in [1.29, 1.82) is 5.26 Å². The van der Waals surface area contributed by atoms with Crippen LogP contribution in [0.15, 0.2) is 59.5 Å². The van der Waals surface area contributed by atoms with Crippen LogP contribution < -0.4 is 9.47 Å². The van der Waals surface area contributed by atoms with E-state index in [1.54, 1.807) is 20.3 Å². The van der Waals surface area contributed by atoms with Gasteiger partial charge in [0, 0.05) is 24.3 Å². The van der Waals surface area contributed by atoms with Crippen LogP contribution in [0, 0.1) is 11.3 Å². The molecule has 0 radical (unpaired) electrons. The van der Waals surface area contributed by atoms with E-state index in [1.807, 2.05) is 36.4 Å². The first kappa shape index (κ1) is 20.8. The van der Waals surface area contributed by atoms with Gasteiger partial charge in [-0.3, -0.25) is 9.59 Å². The standard InChI is InChI=1S/C26H22N2O5/c1-31-20-10-8-16(13-21(20)32-2)24-18-9-7-15-5-3-4-6-17(15)25(18)33-26(19(24)14-27)28-22(29)11-12-23(28)30/h3-6,8,10,13,24H,7,9,11-12H2,1-2H3. The number of imide groups is 1. The van der Waals surface area contributed by atoms with Crippen molar-refractivity contribution in [3.8, 4) is 17.6 Å². The molecule has 2 aliphatic heterocycles. The SMILES string of the molecule is COc1ccc(C2C(C#N)=C(N3C(=O)CCC3=O)OC3=C2CCc2ccccc23)cc1OC. The number of rotatable bonds is 4. The number of likely N-dealkylation sites (tertiary alicyclic amines) is 1. The predicted octanol–water partition coefficient (Wildman–Crippen LogP) is 4.06. The summed E-state index contributed by atoms with van der Waals surface area (Å²) in [4.78, 5) is 26.2. The number of nitriles is 1. The number of nitrogens with zero attached hydrogens (tertiary/aromatic N) is 2. The van der Waals surface area contributed by atoms with Gasteiger partial charge in [0.2, 0.25) is 17.7 Å². The Balaban J connectivity index is 1.75. The number of methoxy groups -OCH3 is 2. The van der Waals surface area contributed by atoms with Crippen LogP contribution in [-0.4, -0.2) is 30.9 Å². The highest BCUT2D eigenvalue weighted by Crippen LogP contribution is 2.50. The molecule has 3 aliphatic rings. The van der Waals surface area contributed by atoms with Gasteiger partial charge in [0.15, 0.2) is 11.5 Å². The second kappa shape index (κ2) is 8.14. The Kier molecular flexibility index (Phi) is 5.14. The molecule has 2 heterocycles. The number of carbonyl (C=O) groups excluding carboxylic acids is 2. The highest BCUT2D eigenvalue weighted by molar-refractivity contribution is 6.04. The number of carbonyl (C=O) groups is 2. The largest absolute Gasteiger partial charge is 0.493 e. The second-order valence-electron chi connectivity index (χ2n) is 8.11. The van der Waals surface area contributed by atoms with Gasteiger partial charge in [0.1, 0.15) is 17.4 Å². The number of fused-ring (bicyclic) bond motifs is 2. The van der Waals surface area contributed by atoms with Gasteiger partial charge < -0.3 is 14.2 Å². The van der Waals surface area contributed by atoms with Gasteiger partial charge >= 0.3 is 0 Å². The first-order chi connectivity index (χ1) is 16.1. The summed E-state index contributed by atoms with van der Waals surface area (Å²) < 4.78 is 17.1. The van der Waals surface area contributed by atoms with Gasteiger partial charge in [0.25, 0.3) is 0 Å². The van der Waals surface area contributed by atoms with E-state index in [0.29, 0.717) is 23.7 Å². The fourth-order valence-corrected chi connectivity index (χ4v) is 4.84. The zero-order chi connectivity index (χ0) is 23.1. The summed E-state index contributed by atoms with van der Waals surface area (Å²) in [5.41, 5.74) is 4.03.